The van der Waals surface area contributed by atoms with Crippen LogP contribution in [0, 0.1) is 5.92 Å². The fourth-order valence-electron chi connectivity index (χ4n) is 2.76. The van der Waals surface area contributed by atoms with Crippen LogP contribution in [0.15, 0.2) is 6.07 Å². The van der Waals surface area contributed by atoms with Crippen molar-refractivity contribution in [1.82, 2.24) is 10.2 Å². The highest BCUT2D eigenvalue weighted by molar-refractivity contribution is 7.18. The van der Waals surface area contributed by atoms with E-state index in [2.05, 4.69) is 22.5 Å². The number of rotatable bonds is 6. The van der Waals surface area contributed by atoms with Crippen molar-refractivity contribution in [2.45, 2.75) is 32.2 Å². The van der Waals surface area contributed by atoms with Crippen LogP contribution in [0.5, 0.6) is 0 Å². The number of nitrogens with one attached hydrogen (secondary N) is 2. The van der Waals surface area contributed by atoms with Crippen LogP contribution in [0.4, 0.5) is 10.7 Å². The number of hydrogen-bond acceptors (Lipinski definition) is 5. The smallest absolute Gasteiger partial charge is 0.263 e. The van der Waals surface area contributed by atoms with E-state index in [9.17, 15) is 4.79 Å². The molecule has 5 nitrogen and oxygen atoms in total. The zero-order valence-corrected chi connectivity index (χ0v) is 13.3. The Balaban J connectivity index is 1.53. The fourth-order valence-corrected chi connectivity index (χ4v) is 3.65. The van der Waals surface area contributed by atoms with Crippen LogP contribution in [0.1, 0.15) is 35.9 Å². The lowest BCUT2D eigenvalue weighted by Gasteiger charge is -2.13. The Kier molecular flexibility index (Phi) is 4.35. The van der Waals surface area contributed by atoms with Gasteiger partial charge in [-0.25, -0.2) is 0 Å². The van der Waals surface area contributed by atoms with E-state index in [0.29, 0.717) is 22.5 Å². The van der Waals surface area contributed by atoms with Gasteiger partial charge >= 0.3 is 0 Å². The largest absolute Gasteiger partial charge is 0.397 e. The van der Waals surface area contributed by atoms with Gasteiger partial charge in [0, 0.05) is 19.1 Å². The van der Waals surface area contributed by atoms with Gasteiger partial charge in [-0.1, -0.05) is 6.92 Å². The number of hydrogen-bond donors (Lipinski definition) is 3. The summed E-state index contributed by atoms with van der Waals surface area (Å²) in [4.78, 5) is 15.2. The fraction of sp³-hybridized carbons (Fsp3) is 0.667. The van der Waals surface area contributed by atoms with Crippen molar-refractivity contribution in [3.63, 3.8) is 0 Å². The van der Waals surface area contributed by atoms with Crippen LogP contribution in [0.2, 0.25) is 0 Å². The second-order valence-corrected chi connectivity index (χ2v) is 7.12. The summed E-state index contributed by atoms with van der Waals surface area (Å²) in [5.41, 5.74) is 6.55. The molecule has 1 unspecified atom stereocenters. The summed E-state index contributed by atoms with van der Waals surface area (Å²) < 4.78 is 0. The first-order chi connectivity index (χ1) is 10.2. The normalized spacial score (nSPS) is 22.4. The van der Waals surface area contributed by atoms with Crippen molar-refractivity contribution in [2.24, 2.45) is 5.92 Å². The van der Waals surface area contributed by atoms with Crippen molar-refractivity contribution in [1.29, 1.82) is 0 Å². The van der Waals surface area contributed by atoms with Crippen LogP contribution in [-0.4, -0.2) is 43.0 Å². The quantitative estimate of drug-likeness (QED) is 0.751. The zero-order valence-electron chi connectivity index (χ0n) is 12.5. The minimum atomic E-state index is -0.0222. The highest BCUT2D eigenvalue weighted by Gasteiger charge is 2.26. The molecule has 1 aliphatic carbocycles. The number of nitrogen functional groups attached to an aromatic ring is 1. The molecule has 3 rings (SSSR count). The summed E-state index contributed by atoms with van der Waals surface area (Å²) in [6.07, 6.45) is 3.44. The molecule has 1 aliphatic heterocycles. The molecule has 1 amide bonds. The molecule has 1 saturated carbocycles. The monoisotopic (exact) mass is 308 g/mol. The topological polar surface area (TPSA) is 70.4 Å². The molecule has 0 aromatic carbocycles. The number of likely N-dealkylation sites (tertiary alicyclic amines) is 1. The molecular weight excluding hydrogens is 284 g/mol. The molecule has 0 spiro atoms. The lowest BCUT2D eigenvalue weighted by atomic mass is 10.1. The minimum Gasteiger partial charge on any atom is -0.397 e. The molecule has 0 bridgehead atoms. The summed E-state index contributed by atoms with van der Waals surface area (Å²) in [5, 5.41) is 7.44. The first-order valence-electron chi connectivity index (χ1n) is 7.82. The van der Waals surface area contributed by atoms with Gasteiger partial charge in [-0.05, 0) is 44.3 Å². The van der Waals surface area contributed by atoms with Crippen LogP contribution < -0.4 is 16.4 Å². The average Bonchev–Trinajstić information content (AvgIpc) is 3.02. The molecule has 21 heavy (non-hydrogen) atoms. The molecular formula is C15H24N4OS. The molecule has 0 radical (unpaired) electrons. The Morgan fingerprint density at radius 2 is 2.29 bits per heavy atom. The molecule has 6 heteroatoms. The molecule has 4 N–H and O–H groups in total. The van der Waals surface area contributed by atoms with Gasteiger partial charge in [0.05, 0.1) is 10.7 Å². The molecule has 116 valence electrons. The third kappa shape index (κ3) is 3.68. The SMILES string of the molecule is CCN1CCC(CNc2cc(N)c(C(=O)NC3CC3)s2)C1. The number of anilines is 2. The molecule has 1 aromatic rings. The van der Waals surface area contributed by atoms with Gasteiger partial charge in [0.2, 0.25) is 0 Å². The Morgan fingerprint density at radius 3 is 2.95 bits per heavy atom. The summed E-state index contributed by atoms with van der Waals surface area (Å²) in [6.45, 7) is 6.67. The summed E-state index contributed by atoms with van der Waals surface area (Å²) in [6, 6.07) is 2.26. The van der Waals surface area contributed by atoms with E-state index in [1.165, 1.54) is 30.8 Å². The van der Waals surface area contributed by atoms with Gasteiger partial charge in [0.15, 0.2) is 0 Å². The van der Waals surface area contributed by atoms with Crippen molar-refractivity contribution in [2.75, 3.05) is 37.2 Å². The maximum Gasteiger partial charge on any atom is 0.263 e. The van der Waals surface area contributed by atoms with Gasteiger partial charge in [-0.15, -0.1) is 11.3 Å². The van der Waals surface area contributed by atoms with Gasteiger partial charge in [0.1, 0.15) is 4.88 Å². The number of nitrogens with zero attached hydrogens (tertiary/aromatic N) is 1. The third-order valence-corrected chi connectivity index (χ3v) is 5.37. The van der Waals surface area contributed by atoms with Crippen molar-refractivity contribution >= 4 is 27.9 Å². The maximum absolute atomic E-state index is 12.1. The standard InChI is InChI=1S/C15H24N4OS/c1-2-19-6-5-10(9-19)8-17-13-7-12(16)14(21-13)15(20)18-11-3-4-11/h7,10-11,17H,2-6,8-9,16H2,1H3,(H,18,20). The van der Waals surface area contributed by atoms with E-state index in [1.807, 2.05) is 6.07 Å². The predicted octanol–water partition coefficient (Wildman–Crippen LogP) is 1.98. The van der Waals surface area contributed by atoms with Crippen molar-refractivity contribution in [3.05, 3.63) is 10.9 Å². The average molecular weight is 308 g/mol. The highest BCUT2D eigenvalue weighted by atomic mass is 32.1. The molecule has 2 fully saturated rings. The Morgan fingerprint density at radius 1 is 1.48 bits per heavy atom. The number of thiophene rings is 1. The number of amides is 1. The molecule has 1 saturated heterocycles. The third-order valence-electron chi connectivity index (χ3n) is 4.26. The Bertz CT molecular complexity index is 512. The lowest BCUT2D eigenvalue weighted by Crippen LogP contribution is -2.25. The number of carbonyl (C=O) groups excluding carboxylic acids is 1. The summed E-state index contributed by atoms with van der Waals surface area (Å²) >= 11 is 1.47. The van der Waals surface area contributed by atoms with E-state index in [4.69, 9.17) is 5.73 Å². The Labute approximate surface area is 129 Å². The zero-order chi connectivity index (χ0) is 14.8. The first-order valence-corrected chi connectivity index (χ1v) is 8.63. The first kappa shape index (κ1) is 14.7. The second-order valence-electron chi connectivity index (χ2n) is 6.07. The summed E-state index contributed by atoms with van der Waals surface area (Å²) in [5.74, 6) is 0.670. The number of carbonyl (C=O) groups is 1. The van der Waals surface area contributed by atoms with E-state index in [-0.39, 0.29) is 5.91 Å². The summed E-state index contributed by atoms with van der Waals surface area (Å²) in [7, 11) is 0. The van der Waals surface area contributed by atoms with Crippen LogP contribution in [0.25, 0.3) is 0 Å². The molecule has 2 heterocycles. The van der Waals surface area contributed by atoms with Crippen molar-refractivity contribution in [3.8, 4) is 0 Å². The van der Waals surface area contributed by atoms with Gasteiger partial charge in [0.25, 0.3) is 5.91 Å². The van der Waals surface area contributed by atoms with Crippen LogP contribution >= 0.6 is 11.3 Å². The van der Waals surface area contributed by atoms with E-state index < -0.39 is 0 Å². The molecule has 2 aliphatic rings. The highest BCUT2D eigenvalue weighted by Crippen LogP contribution is 2.31. The molecule has 1 aromatic heterocycles. The van der Waals surface area contributed by atoms with Gasteiger partial charge in [-0.3, -0.25) is 4.79 Å². The maximum atomic E-state index is 12.1. The Hall–Kier alpha value is -1.27. The predicted molar refractivity (Wildman–Crippen MR) is 87.9 cm³/mol. The second kappa shape index (κ2) is 6.23. The van der Waals surface area contributed by atoms with E-state index in [0.717, 1.165) is 30.9 Å². The van der Waals surface area contributed by atoms with Crippen molar-refractivity contribution < 1.29 is 4.79 Å². The van der Waals surface area contributed by atoms with Crippen LogP contribution in [0.3, 0.4) is 0 Å². The van der Waals surface area contributed by atoms with Gasteiger partial charge < -0.3 is 21.3 Å². The van der Waals surface area contributed by atoms with Crippen LogP contribution in [-0.2, 0) is 0 Å². The lowest BCUT2D eigenvalue weighted by molar-refractivity contribution is 0.0956. The van der Waals surface area contributed by atoms with E-state index in [1.54, 1.807) is 0 Å². The molecule has 1 atom stereocenters. The van der Waals surface area contributed by atoms with Gasteiger partial charge in [-0.2, -0.15) is 0 Å². The van der Waals surface area contributed by atoms with E-state index >= 15 is 0 Å². The minimum absolute atomic E-state index is 0.0222. The number of nitrogens with two attached hydrogens (primary N) is 1.